The summed E-state index contributed by atoms with van der Waals surface area (Å²) in [6.07, 6.45) is 0.971. The van der Waals surface area contributed by atoms with Crippen LogP contribution in [0.15, 0.2) is 60.7 Å². The lowest BCUT2D eigenvalue weighted by Gasteiger charge is -2.16. The van der Waals surface area contributed by atoms with Crippen LogP contribution in [0.5, 0.6) is 0 Å². The summed E-state index contributed by atoms with van der Waals surface area (Å²) in [6.45, 7) is 2.53. The van der Waals surface area contributed by atoms with E-state index in [4.69, 9.17) is 0 Å². The molecular weight excluding hydrogens is 384 g/mol. The van der Waals surface area contributed by atoms with Crippen molar-refractivity contribution in [1.29, 1.82) is 0 Å². The fraction of sp³-hybridized carbons (Fsp3) is 0.273. The van der Waals surface area contributed by atoms with Crippen molar-refractivity contribution in [1.82, 2.24) is 10.2 Å². The summed E-state index contributed by atoms with van der Waals surface area (Å²) >= 11 is 1.39. The fourth-order valence-corrected chi connectivity index (χ4v) is 4.37. The zero-order chi connectivity index (χ0) is 20.2. The second kappa shape index (κ2) is 8.53. The van der Waals surface area contributed by atoms with Crippen LogP contribution in [0.3, 0.4) is 0 Å². The number of rotatable bonds is 6. The highest BCUT2D eigenvalue weighted by atomic mass is 32.1. The van der Waals surface area contributed by atoms with E-state index in [1.54, 1.807) is 4.90 Å². The molecular formula is C22H22N4O2S. The van der Waals surface area contributed by atoms with Gasteiger partial charge in [0.05, 0.1) is 5.92 Å². The lowest BCUT2D eigenvalue weighted by atomic mass is 9.98. The monoisotopic (exact) mass is 406 g/mol. The molecule has 1 aliphatic rings. The normalized spacial score (nSPS) is 17.3. The third kappa shape index (κ3) is 4.51. The molecule has 2 amide bonds. The first kappa shape index (κ1) is 19.3. The van der Waals surface area contributed by atoms with E-state index >= 15 is 0 Å². The van der Waals surface area contributed by atoms with Gasteiger partial charge in [0.15, 0.2) is 0 Å². The van der Waals surface area contributed by atoms with Crippen LogP contribution in [0.4, 0.5) is 10.8 Å². The maximum absolute atomic E-state index is 12.6. The van der Waals surface area contributed by atoms with Crippen molar-refractivity contribution in [2.45, 2.75) is 25.7 Å². The van der Waals surface area contributed by atoms with Crippen LogP contribution >= 0.6 is 11.3 Å². The molecule has 1 N–H and O–H groups in total. The second-order valence-electron chi connectivity index (χ2n) is 7.25. The van der Waals surface area contributed by atoms with Crippen molar-refractivity contribution < 1.29 is 9.59 Å². The van der Waals surface area contributed by atoms with E-state index in [0.717, 1.165) is 17.1 Å². The van der Waals surface area contributed by atoms with E-state index in [2.05, 4.69) is 34.6 Å². The van der Waals surface area contributed by atoms with Gasteiger partial charge in [-0.25, -0.2) is 0 Å². The summed E-state index contributed by atoms with van der Waals surface area (Å²) in [4.78, 5) is 26.6. The Bertz CT molecular complexity index is 990. The van der Waals surface area contributed by atoms with Gasteiger partial charge in [0.2, 0.25) is 16.9 Å². The van der Waals surface area contributed by atoms with Crippen molar-refractivity contribution in [3.8, 4) is 0 Å². The zero-order valence-electron chi connectivity index (χ0n) is 16.1. The molecule has 0 unspecified atom stereocenters. The van der Waals surface area contributed by atoms with Gasteiger partial charge in [-0.2, -0.15) is 0 Å². The molecule has 2 atom stereocenters. The quantitative estimate of drug-likeness (QED) is 0.674. The van der Waals surface area contributed by atoms with Gasteiger partial charge in [0, 0.05) is 25.1 Å². The number of nitrogens with one attached hydrogen (secondary N) is 1. The molecule has 1 aromatic heterocycles. The Morgan fingerprint density at radius 2 is 1.83 bits per heavy atom. The lowest BCUT2D eigenvalue weighted by molar-refractivity contribution is -0.122. The van der Waals surface area contributed by atoms with Gasteiger partial charge < -0.3 is 10.2 Å². The van der Waals surface area contributed by atoms with E-state index in [1.807, 2.05) is 48.5 Å². The highest BCUT2D eigenvalue weighted by Crippen LogP contribution is 2.27. The molecule has 29 heavy (non-hydrogen) atoms. The van der Waals surface area contributed by atoms with E-state index in [1.165, 1.54) is 16.9 Å². The standard InChI is InChI=1S/C22H22N4O2S/c1-15(16-8-4-2-5-9-16)12-19-24-25-22(29-19)23-21(28)17-13-20(27)26(14-17)18-10-6-3-7-11-18/h2-11,15,17H,12-14H2,1H3,(H,23,25,28)/t15-,17-/m0/s1. The first-order valence-corrected chi connectivity index (χ1v) is 10.5. The predicted molar refractivity (Wildman–Crippen MR) is 114 cm³/mol. The van der Waals surface area contributed by atoms with Crippen LogP contribution in [-0.4, -0.2) is 28.6 Å². The predicted octanol–water partition coefficient (Wildman–Crippen LogP) is 3.88. The van der Waals surface area contributed by atoms with Gasteiger partial charge in [-0.05, 0) is 23.6 Å². The summed E-state index contributed by atoms with van der Waals surface area (Å²) in [6, 6.07) is 19.7. The van der Waals surface area contributed by atoms with E-state index in [9.17, 15) is 9.59 Å². The Morgan fingerprint density at radius 3 is 2.55 bits per heavy atom. The minimum atomic E-state index is -0.390. The Morgan fingerprint density at radius 1 is 1.14 bits per heavy atom. The number of amides is 2. The molecule has 0 radical (unpaired) electrons. The molecule has 7 heteroatoms. The Hall–Kier alpha value is -3.06. The summed E-state index contributed by atoms with van der Waals surface area (Å²) < 4.78 is 0. The van der Waals surface area contributed by atoms with Crippen LogP contribution in [0.25, 0.3) is 0 Å². The van der Waals surface area contributed by atoms with Gasteiger partial charge in [0.1, 0.15) is 5.01 Å². The molecule has 0 spiro atoms. The molecule has 0 bridgehead atoms. The number of anilines is 2. The van der Waals surface area contributed by atoms with Crippen molar-refractivity contribution in [2.75, 3.05) is 16.8 Å². The van der Waals surface area contributed by atoms with Crippen molar-refractivity contribution >= 4 is 34.0 Å². The molecule has 1 aliphatic heterocycles. The van der Waals surface area contributed by atoms with Crippen LogP contribution in [0.1, 0.15) is 29.8 Å². The minimum Gasteiger partial charge on any atom is -0.312 e. The molecule has 3 aromatic rings. The van der Waals surface area contributed by atoms with E-state index in [0.29, 0.717) is 17.6 Å². The maximum atomic E-state index is 12.6. The topological polar surface area (TPSA) is 75.2 Å². The Kier molecular flexibility index (Phi) is 5.67. The van der Waals surface area contributed by atoms with Gasteiger partial charge in [-0.15, -0.1) is 10.2 Å². The molecule has 2 aromatic carbocycles. The number of nitrogens with zero attached hydrogens (tertiary/aromatic N) is 3. The van der Waals surface area contributed by atoms with Gasteiger partial charge >= 0.3 is 0 Å². The molecule has 6 nitrogen and oxygen atoms in total. The van der Waals surface area contributed by atoms with Gasteiger partial charge in [0.25, 0.3) is 0 Å². The van der Waals surface area contributed by atoms with Crippen molar-refractivity contribution in [2.24, 2.45) is 5.92 Å². The number of carbonyl (C=O) groups is 2. The third-order valence-corrected chi connectivity index (χ3v) is 5.97. The number of hydrogen-bond acceptors (Lipinski definition) is 5. The first-order valence-electron chi connectivity index (χ1n) is 9.64. The van der Waals surface area contributed by atoms with Gasteiger partial charge in [-0.3, -0.25) is 9.59 Å². The van der Waals surface area contributed by atoms with E-state index < -0.39 is 5.92 Å². The number of hydrogen-bond donors (Lipinski definition) is 1. The number of benzene rings is 2. The molecule has 0 aliphatic carbocycles. The molecule has 0 saturated carbocycles. The summed E-state index contributed by atoms with van der Waals surface area (Å²) in [5, 5.41) is 12.5. The highest BCUT2D eigenvalue weighted by Gasteiger charge is 2.35. The van der Waals surface area contributed by atoms with Crippen LogP contribution in [0, 0.1) is 5.92 Å². The smallest absolute Gasteiger partial charge is 0.231 e. The lowest BCUT2D eigenvalue weighted by Crippen LogP contribution is -2.28. The van der Waals surface area contributed by atoms with Crippen LogP contribution in [-0.2, 0) is 16.0 Å². The summed E-state index contributed by atoms with van der Waals surface area (Å²) in [7, 11) is 0. The SMILES string of the molecule is C[C@@H](Cc1nnc(NC(=O)[C@H]2CC(=O)N(c3ccccc3)C2)s1)c1ccccc1. The summed E-state index contributed by atoms with van der Waals surface area (Å²) in [5.41, 5.74) is 2.07. The Labute approximate surface area is 173 Å². The molecule has 148 valence electrons. The average Bonchev–Trinajstić information content (AvgIpc) is 3.35. The zero-order valence-corrected chi connectivity index (χ0v) is 16.9. The van der Waals surface area contributed by atoms with E-state index in [-0.39, 0.29) is 18.2 Å². The molecule has 1 fully saturated rings. The maximum Gasteiger partial charge on any atom is 0.231 e. The average molecular weight is 407 g/mol. The molecule has 2 heterocycles. The fourth-order valence-electron chi connectivity index (χ4n) is 3.50. The van der Waals surface area contributed by atoms with Crippen LogP contribution in [0.2, 0.25) is 0 Å². The number of para-hydroxylation sites is 1. The minimum absolute atomic E-state index is 0.0361. The largest absolute Gasteiger partial charge is 0.312 e. The Balaban J connectivity index is 1.35. The highest BCUT2D eigenvalue weighted by molar-refractivity contribution is 7.15. The molecule has 4 rings (SSSR count). The van der Waals surface area contributed by atoms with Crippen molar-refractivity contribution in [3.05, 3.63) is 71.2 Å². The number of aromatic nitrogens is 2. The first-order chi connectivity index (χ1) is 14.1. The van der Waals surface area contributed by atoms with Crippen LogP contribution < -0.4 is 10.2 Å². The number of carbonyl (C=O) groups excluding carboxylic acids is 2. The van der Waals surface area contributed by atoms with Gasteiger partial charge in [-0.1, -0.05) is 66.8 Å². The molecule has 1 saturated heterocycles. The third-order valence-electron chi connectivity index (χ3n) is 5.11. The summed E-state index contributed by atoms with van der Waals surface area (Å²) in [5.74, 6) is -0.292. The second-order valence-corrected chi connectivity index (χ2v) is 8.31. The van der Waals surface area contributed by atoms with Crippen molar-refractivity contribution in [3.63, 3.8) is 0 Å².